The Hall–Kier alpha value is -2.60. The van der Waals surface area contributed by atoms with Gasteiger partial charge in [0, 0.05) is 41.7 Å². The number of amides is 1. The number of fused-ring (bicyclic) bond motifs is 1. The smallest absolute Gasteiger partial charge is 0.233 e. The first-order chi connectivity index (χ1) is 12.8. The lowest BCUT2D eigenvalue weighted by Crippen LogP contribution is -2.32. The number of thioether (sulfide) groups is 1. The van der Waals surface area contributed by atoms with E-state index in [0.717, 1.165) is 28.8 Å². The zero-order valence-electron chi connectivity index (χ0n) is 14.2. The third kappa shape index (κ3) is 3.96. The van der Waals surface area contributed by atoms with Crippen LogP contribution in [0.15, 0.2) is 65.8 Å². The van der Waals surface area contributed by atoms with Crippen molar-refractivity contribution in [2.45, 2.75) is 17.4 Å². The van der Waals surface area contributed by atoms with Crippen LogP contribution in [0.2, 0.25) is 0 Å². The molecule has 3 aromatic rings. The van der Waals surface area contributed by atoms with Crippen molar-refractivity contribution in [1.82, 2.24) is 14.9 Å². The Kier molecular flexibility index (Phi) is 5.02. The molecule has 1 fully saturated rings. The summed E-state index contributed by atoms with van der Waals surface area (Å²) in [5.41, 5.74) is 0.921. The molecule has 26 heavy (non-hydrogen) atoms. The summed E-state index contributed by atoms with van der Waals surface area (Å²) in [4.78, 5) is 23.9. The minimum absolute atomic E-state index is 0.00135. The summed E-state index contributed by atoms with van der Waals surface area (Å²) in [6, 6.07) is 15.7. The van der Waals surface area contributed by atoms with Gasteiger partial charge in [-0.15, -0.1) is 11.8 Å². The first-order valence-electron chi connectivity index (χ1n) is 8.61. The zero-order chi connectivity index (χ0) is 17.8. The third-order valence-corrected chi connectivity index (χ3v) is 5.37. The Morgan fingerprint density at radius 2 is 2.00 bits per heavy atom. The maximum Gasteiger partial charge on any atom is 0.233 e. The van der Waals surface area contributed by atoms with Crippen LogP contribution in [-0.2, 0) is 4.79 Å². The molecule has 132 valence electrons. The van der Waals surface area contributed by atoms with Gasteiger partial charge in [0.1, 0.15) is 6.10 Å². The van der Waals surface area contributed by atoms with E-state index in [0.29, 0.717) is 18.2 Å². The molecular weight excluding hydrogens is 346 g/mol. The van der Waals surface area contributed by atoms with Gasteiger partial charge in [-0.05, 0) is 24.3 Å². The Balaban J connectivity index is 1.32. The first-order valence-corrected chi connectivity index (χ1v) is 9.59. The fraction of sp³-hybridized carbons (Fsp3) is 0.250. The predicted molar refractivity (Wildman–Crippen MR) is 102 cm³/mol. The molecule has 0 saturated carbocycles. The van der Waals surface area contributed by atoms with E-state index in [1.54, 1.807) is 12.4 Å². The third-order valence-electron chi connectivity index (χ3n) is 4.37. The second kappa shape index (κ2) is 7.74. The van der Waals surface area contributed by atoms with E-state index >= 15 is 0 Å². The first kappa shape index (κ1) is 16.8. The average Bonchev–Trinajstić information content (AvgIpc) is 3.15. The summed E-state index contributed by atoms with van der Waals surface area (Å²) in [6.45, 7) is 1.35. The van der Waals surface area contributed by atoms with Crippen molar-refractivity contribution < 1.29 is 9.53 Å². The highest BCUT2D eigenvalue weighted by Crippen LogP contribution is 2.22. The average molecular weight is 365 g/mol. The van der Waals surface area contributed by atoms with Gasteiger partial charge in [0.05, 0.1) is 17.8 Å². The molecule has 1 saturated heterocycles. The molecule has 1 aliphatic heterocycles. The number of likely N-dealkylation sites (tertiary alicyclic amines) is 1. The topological polar surface area (TPSA) is 55.3 Å². The molecule has 0 unspecified atom stereocenters. The highest BCUT2D eigenvalue weighted by molar-refractivity contribution is 8.00. The Morgan fingerprint density at radius 3 is 2.88 bits per heavy atom. The molecule has 0 radical (unpaired) electrons. The van der Waals surface area contributed by atoms with Crippen LogP contribution in [0.4, 0.5) is 0 Å². The van der Waals surface area contributed by atoms with Crippen molar-refractivity contribution in [2.75, 3.05) is 18.8 Å². The molecule has 2 aromatic heterocycles. The molecule has 1 atom stereocenters. The fourth-order valence-electron chi connectivity index (χ4n) is 3.01. The maximum atomic E-state index is 12.4. The van der Waals surface area contributed by atoms with E-state index in [-0.39, 0.29) is 12.0 Å². The van der Waals surface area contributed by atoms with Gasteiger partial charge in [0.15, 0.2) is 0 Å². The molecule has 0 spiro atoms. The normalized spacial score (nSPS) is 16.8. The molecule has 0 N–H and O–H groups in total. The molecule has 0 bridgehead atoms. The summed E-state index contributed by atoms with van der Waals surface area (Å²) in [5.74, 6) is 1.20. The molecule has 0 aliphatic carbocycles. The van der Waals surface area contributed by atoms with E-state index in [2.05, 4.69) is 9.97 Å². The van der Waals surface area contributed by atoms with Gasteiger partial charge in [-0.3, -0.25) is 9.78 Å². The number of carbonyl (C=O) groups is 1. The van der Waals surface area contributed by atoms with Crippen molar-refractivity contribution in [3.05, 3.63) is 60.9 Å². The molecule has 1 aromatic carbocycles. The number of carbonyl (C=O) groups excluding carboxylic acids is 1. The second-order valence-electron chi connectivity index (χ2n) is 6.18. The number of pyridine rings is 2. The van der Waals surface area contributed by atoms with Gasteiger partial charge >= 0.3 is 0 Å². The van der Waals surface area contributed by atoms with Crippen LogP contribution in [0.5, 0.6) is 5.88 Å². The van der Waals surface area contributed by atoms with Gasteiger partial charge in [-0.2, -0.15) is 0 Å². The maximum absolute atomic E-state index is 12.4. The molecular formula is C20H19N3O2S. The summed E-state index contributed by atoms with van der Waals surface area (Å²) < 4.78 is 6.01. The highest BCUT2D eigenvalue weighted by Gasteiger charge is 2.27. The lowest BCUT2D eigenvalue weighted by Gasteiger charge is -2.17. The van der Waals surface area contributed by atoms with E-state index < -0.39 is 0 Å². The van der Waals surface area contributed by atoms with E-state index in [4.69, 9.17) is 4.74 Å². The molecule has 1 aliphatic rings. The Morgan fingerprint density at radius 1 is 1.15 bits per heavy atom. The van der Waals surface area contributed by atoms with E-state index in [1.807, 2.05) is 53.4 Å². The number of para-hydroxylation sites is 1. The lowest BCUT2D eigenvalue weighted by molar-refractivity contribution is -0.127. The van der Waals surface area contributed by atoms with Crippen LogP contribution in [0.25, 0.3) is 10.9 Å². The zero-order valence-corrected chi connectivity index (χ0v) is 15.1. The van der Waals surface area contributed by atoms with Crippen LogP contribution >= 0.6 is 11.8 Å². The number of benzene rings is 1. The minimum atomic E-state index is -0.00135. The quantitative estimate of drug-likeness (QED) is 0.649. The number of rotatable bonds is 5. The standard InChI is InChI=1S/C20H19N3O2S/c24-20(14-26-17-7-10-21-11-8-17)23-12-9-16(13-23)25-19-6-5-15-3-1-2-4-18(15)22-19/h1-8,10-11,16H,9,12-14H2/t16-/m1/s1. The Bertz CT molecular complexity index is 904. The molecule has 1 amide bonds. The highest BCUT2D eigenvalue weighted by atomic mass is 32.2. The molecule has 5 nitrogen and oxygen atoms in total. The van der Waals surface area contributed by atoms with E-state index in [1.165, 1.54) is 11.8 Å². The number of nitrogens with zero attached hydrogens (tertiary/aromatic N) is 3. The van der Waals surface area contributed by atoms with Crippen LogP contribution in [0.3, 0.4) is 0 Å². The number of aromatic nitrogens is 2. The summed E-state index contributed by atoms with van der Waals surface area (Å²) in [7, 11) is 0. The Labute approximate surface area is 156 Å². The van der Waals surface area contributed by atoms with Crippen LogP contribution in [-0.4, -0.2) is 45.7 Å². The van der Waals surface area contributed by atoms with Crippen LogP contribution in [0, 0.1) is 0 Å². The molecule has 4 rings (SSSR count). The lowest BCUT2D eigenvalue weighted by atomic mass is 10.2. The second-order valence-corrected chi connectivity index (χ2v) is 7.23. The monoisotopic (exact) mass is 365 g/mol. The van der Waals surface area contributed by atoms with Crippen LogP contribution < -0.4 is 4.74 Å². The van der Waals surface area contributed by atoms with Gasteiger partial charge in [-0.1, -0.05) is 18.2 Å². The minimum Gasteiger partial charge on any atom is -0.472 e. The van der Waals surface area contributed by atoms with E-state index in [9.17, 15) is 4.79 Å². The summed E-state index contributed by atoms with van der Waals surface area (Å²) in [6.07, 6.45) is 4.31. The van der Waals surface area contributed by atoms with Gasteiger partial charge in [0.25, 0.3) is 0 Å². The summed E-state index contributed by atoms with van der Waals surface area (Å²) in [5, 5.41) is 1.09. The van der Waals surface area contributed by atoms with Gasteiger partial charge in [-0.25, -0.2) is 4.98 Å². The van der Waals surface area contributed by atoms with Crippen LogP contribution in [0.1, 0.15) is 6.42 Å². The van der Waals surface area contributed by atoms with Gasteiger partial charge in [0.2, 0.25) is 11.8 Å². The number of hydrogen-bond acceptors (Lipinski definition) is 5. The van der Waals surface area contributed by atoms with Crippen molar-refractivity contribution in [1.29, 1.82) is 0 Å². The van der Waals surface area contributed by atoms with Crippen molar-refractivity contribution in [3.63, 3.8) is 0 Å². The van der Waals surface area contributed by atoms with Crippen molar-refractivity contribution >= 4 is 28.6 Å². The number of hydrogen-bond donors (Lipinski definition) is 0. The largest absolute Gasteiger partial charge is 0.472 e. The molecule has 6 heteroatoms. The molecule has 3 heterocycles. The number of ether oxygens (including phenoxy) is 1. The van der Waals surface area contributed by atoms with Crippen molar-refractivity contribution in [2.24, 2.45) is 0 Å². The SMILES string of the molecule is O=C(CSc1ccncc1)N1CC[C@@H](Oc2ccc3ccccc3n2)C1. The summed E-state index contributed by atoms with van der Waals surface area (Å²) >= 11 is 1.54. The van der Waals surface area contributed by atoms with Crippen molar-refractivity contribution in [3.8, 4) is 5.88 Å². The fourth-order valence-corrected chi connectivity index (χ4v) is 3.79. The predicted octanol–water partition coefficient (Wildman–Crippen LogP) is 3.40. The van der Waals surface area contributed by atoms with Gasteiger partial charge < -0.3 is 9.64 Å².